The fraction of sp³-hybridized carbons (Fsp3) is 0.500. The Labute approximate surface area is 140 Å². The van der Waals surface area contributed by atoms with Gasteiger partial charge in [-0.15, -0.1) is 0 Å². The van der Waals surface area contributed by atoms with Gasteiger partial charge in [0, 0.05) is 31.2 Å². The summed E-state index contributed by atoms with van der Waals surface area (Å²) >= 11 is 0.668. The van der Waals surface area contributed by atoms with Crippen LogP contribution in [-0.4, -0.2) is 41.8 Å². The zero-order valence-corrected chi connectivity index (χ0v) is 14.3. The number of amides is 1. The van der Waals surface area contributed by atoms with Crippen LogP contribution >= 0.6 is 12.0 Å². The quantitative estimate of drug-likeness (QED) is 0.366. The molecule has 6 nitrogen and oxygen atoms in total. The third kappa shape index (κ3) is 6.92. The van der Waals surface area contributed by atoms with Gasteiger partial charge in [0.05, 0.1) is 18.8 Å². The molecule has 1 amide bonds. The Hall–Kier alpha value is -1.73. The van der Waals surface area contributed by atoms with E-state index in [1.165, 1.54) is 0 Å². The first kappa shape index (κ1) is 19.3. The highest BCUT2D eigenvalue weighted by molar-refractivity contribution is 7.93. The fourth-order valence-corrected chi connectivity index (χ4v) is 2.14. The van der Waals surface area contributed by atoms with Gasteiger partial charge in [0.1, 0.15) is 11.5 Å². The molecule has 0 aromatic heterocycles. The summed E-state index contributed by atoms with van der Waals surface area (Å²) in [5.41, 5.74) is 0.453. The van der Waals surface area contributed by atoms with E-state index >= 15 is 0 Å². The number of ether oxygens (including phenoxy) is 2. The maximum atomic E-state index is 12.3. The molecule has 2 N–H and O–H groups in total. The van der Waals surface area contributed by atoms with Crippen LogP contribution in [0.1, 0.15) is 37.0 Å². The van der Waals surface area contributed by atoms with Gasteiger partial charge < -0.3 is 19.3 Å². The van der Waals surface area contributed by atoms with E-state index in [1.807, 2.05) is 13.8 Å². The number of hydrogen-bond donors (Lipinski definition) is 2. The molecule has 0 aliphatic rings. The number of nitrogens with one attached hydrogen (secondary N) is 1. The van der Waals surface area contributed by atoms with E-state index in [-0.39, 0.29) is 24.5 Å². The molecular weight excluding hydrogens is 318 g/mol. The van der Waals surface area contributed by atoms with Crippen LogP contribution in [0.25, 0.3) is 0 Å². The van der Waals surface area contributed by atoms with Gasteiger partial charge in [-0.1, -0.05) is 0 Å². The number of carbonyl (C=O) groups excluding carboxylic acids is 2. The van der Waals surface area contributed by atoms with Crippen LogP contribution in [0.4, 0.5) is 0 Å². The molecule has 0 spiro atoms. The maximum absolute atomic E-state index is 12.3. The highest BCUT2D eigenvalue weighted by atomic mass is 32.2. The van der Waals surface area contributed by atoms with Crippen molar-refractivity contribution in [2.75, 3.05) is 25.5 Å². The lowest BCUT2D eigenvalue weighted by atomic mass is 10.0. The Kier molecular flexibility index (Phi) is 9.16. The summed E-state index contributed by atoms with van der Waals surface area (Å²) < 4.78 is 19.5. The van der Waals surface area contributed by atoms with E-state index in [0.717, 1.165) is 0 Å². The van der Waals surface area contributed by atoms with Gasteiger partial charge in [-0.3, -0.25) is 9.59 Å². The molecule has 0 aliphatic heterocycles. The minimum atomic E-state index is -0.212. The number of carbonyl (C=O) groups is 2. The summed E-state index contributed by atoms with van der Waals surface area (Å²) in [7, 11) is 0. The summed E-state index contributed by atoms with van der Waals surface area (Å²) in [5, 5.41) is 2.63. The molecule has 0 bridgehead atoms. The molecule has 23 heavy (non-hydrogen) atoms. The van der Waals surface area contributed by atoms with Crippen LogP contribution in [0.2, 0.25) is 0 Å². The summed E-state index contributed by atoms with van der Waals surface area (Å²) in [6.45, 7) is 5.07. The zero-order valence-electron chi connectivity index (χ0n) is 13.5. The Morgan fingerprint density at radius 3 is 2.57 bits per heavy atom. The molecule has 0 aliphatic carbocycles. The van der Waals surface area contributed by atoms with E-state index in [0.29, 0.717) is 54.6 Å². The van der Waals surface area contributed by atoms with E-state index in [2.05, 4.69) is 5.32 Å². The predicted octanol–water partition coefficient (Wildman–Crippen LogP) is 2.77. The van der Waals surface area contributed by atoms with Gasteiger partial charge in [-0.2, -0.15) is 0 Å². The van der Waals surface area contributed by atoms with Gasteiger partial charge in [0.2, 0.25) is 5.91 Å². The largest absolute Gasteiger partial charge is 0.494 e. The predicted molar refractivity (Wildman–Crippen MR) is 90.4 cm³/mol. The van der Waals surface area contributed by atoms with Crippen molar-refractivity contribution in [1.29, 1.82) is 0 Å². The van der Waals surface area contributed by atoms with Crippen molar-refractivity contribution < 1.29 is 23.6 Å². The minimum absolute atomic E-state index is 0.103. The third-order valence-corrected chi connectivity index (χ3v) is 3.35. The summed E-state index contributed by atoms with van der Waals surface area (Å²) in [5.74, 6) is 1.18. The van der Waals surface area contributed by atoms with Gasteiger partial charge >= 0.3 is 0 Å². The zero-order chi connectivity index (χ0) is 17.1. The van der Waals surface area contributed by atoms with Crippen molar-refractivity contribution in [2.24, 2.45) is 0 Å². The first-order chi connectivity index (χ1) is 11.1. The molecule has 1 aromatic carbocycles. The molecule has 0 saturated heterocycles. The molecule has 0 saturated carbocycles. The fourth-order valence-electron chi connectivity index (χ4n) is 1.95. The summed E-state index contributed by atoms with van der Waals surface area (Å²) in [6, 6.07) is 5.08. The van der Waals surface area contributed by atoms with Crippen molar-refractivity contribution in [3.8, 4) is 11.5 Å². The first-order valence-electron chi connectivity index (χ1n) is 7.58. The van der Waals surface area contributed by atoms with Crippen LogP contribution in [0.5, 0.6) is 11.5 Å². The number of benzene rings is 1. The highest BCUT2D eigenvalue weighted by Gasteiger charge is 2.15. The maximum Gasteiger partial charge on any atom is 0.220 e. The van der Waals surface area contributed by atoms with Crippen LogP contribution in [-0.2, 0) is 4.79 Å². The Morgan fingerprint density at radius 2 is 1.91 bits per heavy atom. The van der Waals surface area contributed by atoms with E-state index in [1.54, 1.807) is 18.2 Å². The van der Waals surface area contributed by atoms with Gasteiger partial charge in [0.15, 0.2) is 5.78 Å². The van der Waals surface area contributed by atoms with Gasteiger partial charge in [0.25, 0.3) is 0 Å². The second-order valence-corrected chi connectivity index (χ2v) is 5.30. The molecule has 1 rings (SSSR count). The van der Waals surface area contributed by atoms with Crippen molar-refractivity contribution in [3.63, 3.8) is 0 Å². The third-order valence-electron chi connectivity index (χ3n) is 2.96. The van der Waals surface area contributed by atoms with E-state index in [4.69, 9.17) is 14.0 Å². The SMILES string of the molecule is CCOc1ccc(C(=O)CCC(=O)NCCSO)c(OCC)c1. The van der Waals surface area contributed by atoms with Crippen LogP contribution in [0.15, 0.2) is 18.2 Å². The van der Waals surface area contributed by atoms with Crippen molar-refractivity contribution in [1.82, 2.24) is 5.32 Å². The van der Waals surface area contributed by atoms with E-state index in [9.17, 15) is 9.59 Å². The second kappa shape index (κ2) is 10.9. The lowest BCUT2D eigenvalue weighted by Crippen LogP contribution is -2.26. The average molecular weight is 341 g/mol. The number of hydrogen-bond acceptors (Lipinski definition) is 6. The Morgan fingerprint density at radius 1 is 1.17 bits per heavy atom. The highest BCUT2D eigenvalue weighted by Crippen LogP contribution is 2.26. The van der Waals surface area contributed by atoms with Crippen LogP contribution < -0.4 is 14.8 Å². The standard InChI is InChI=1S/C16H23NO5S/c1-3-21-12-5-6-13(15(11-12)22-4-2)14(18)7-8-16(19)17-9-10-23-20/h5-6,11,20H,3-4,7-10H2,1-2H3,(H,17,19). The smallest absolute Gasteiger partial charge is 0.220 e. The summed E-state index contributed by atoms with van der Waals surface area (Å²) in [6.07, 6.45) is 0.208. The Balaban J connectivity index is 2.65. The first-order valence-corrected chi connectivity index (χ1v) is 8.52. The molecule has 7 heteroatoms. The Bertz CT molecular complexity index is 521. The number of ketones is 1. The molecule has 0 heterocycles. The normalized spacial score (nSPS) is 10.2. The molecule has 0 fully saturated rings. The van der Waals surface area contributed by atoms with Crippen LogP contribution in [0.3, 0.4) is 0 Å². The molecule has 0 unspecified atom stereocenters. The van der Waals surface area contributed by atoms with Crippen LogP contribution in [0, 0.1) is 0 Å². The minimum Gasteiger partial charge on any atom is -0.494 e. The molecule has 1 aromatic rings. The second-order valence-electron chi connectivity index (χ2n) is 4.63. The van der Waals surface area contributed by atoms with Crippen molar-refractivity contribution in [3.05, 3.63) is 23.8 Å². The summed E-state index contributed by atoms with van der Waals surface area (Å²) in [4.78, 5) is 23.9. The lowest BCUT2D eigenvalue weighted by molar-refractivity contribution is -0.120. The molecule has 0 atom stereocenters. The van der Waals surface area contributed by atoms with E-state index < -0.39 is 0 Å². The molecule has 128 valence electrons. The van der Waals surface area contributed by atoms with Crippen molar-refractivity contribution >= 4 is 23.7 Å². The number of Topliss-reactive ketones (excluding diaryl/α,β-unsaturated/α-hetero) is 1. The van der Waals surface area contributed by atoms with Gasteiger partial charge in [-0.05, 0) is 38.0 Å². The molecular formula is C16H23NO5S. The monoisotopic (exact) mass is 341 g/mol. The molecule has 0 radical (unpaired) electrons. The average Bonchev–Trinajstić information content (AvgIpc) is 2.54. The lowest BCUT2D eigenvalue weighted by Gasteiger charge is -2.12. The van der Waals surface area contributed by atoms with Crippen molar-refractivity contribution in [2.45, 2.75) is 26.7 Å². The van der Waals surface area contributed by atoms with Gasteiger partial charge in [-0.25, -0.2) is 0 Å². The topological polar surface area (TPSA) is 84.9 Å². The number of rotatable bonds is 11.